The SMILES string of the molecule is Cc1ccc(S(=O)(=O)N2CCCN(CN3C(=O)C4CC=CCC4C3=O)CC2)cc1. The number of carbonyl (C=O) groups excluding carboxylic acids is 2. The highest BCUT2D eigenvalue weighted by Gasteiger charge is 2.47. The van der Waals surface area contributed by atoms with Crippen molar-refractivity contribution >= 4 is 21.8 Å². The molecule has 29 heavy (non-hydrogen) atoms. The molecule has 4 rings (SSSR count). The van der Waals surface area contributed by atoms with Gasteiger partial charge in [-0.15, -0.1) is 0 Å². The van der Waals surface area contributed by atoms with Crippen LogP contribution in [0.15, 0.2) is 41.3 Å². The third kappa shape index (κ3) is 3.89. The Morgan fingerprint density at radius 1 is 0.897 bits per heavy atom. The molecule has 3 aliphatic rings. The summed E-state index contributed by atoms with van der Waals surface area (Å²) in [5.74, 6) is -0.619. The second kappa shape index (κ2) is 8.01. The highest BCUT2D eigenvalue weighted by atomic mass is 32.2. The number of sulfonamides is 1. The van der Waals surface area contributed by atoms with Gasteiger partial charge in [-0.25, -0.2) is 8.42 Å². The summed E-state index contributed by atoms with van der Waals surface area (Å²) in [7, 11) is -3.54. The molecule has 1 aromatic rings. The van der Waals surface area contributed by atoms with Crippen molar-refractivity contribution in [1.82, 2.24) is 14.1 Å². The molecular weight excluding hydrogens is 390 g/mol. The van der Waals surface area contributed by atoms with Gasteiger partial charge in [0.25, 0.3) is 0 Å². The van der Waals surface area contributed by atoms with E-state index in [1.165, 1.54) is 9.21 Å². The molecule has 0 N–H and O–H groups in total. The van der Waals surface area contributed by atoms with E-state index < -0.39 is 10.0 Å². The average Bonchev–Trinajstić information content (AvgIpc) is 2.88. The molecule has 0 bridgehead atoms. The van der Waals surface area contributed by atoms with Crippen molar-refractivity contribution in [3.05, 3.63) is 42.0 Å². The number of fused-ring (bicyclic) bond motifs is 1. The minimum absolute atomic E-state index is 0.0854. The number of carbonyl (C=O) groups is 2. The molecule has 8 heteroatoms. The maximum Gasteiger partial charge on any atom is 0.243 e. The van der Waals surface area contributed by atoms with E-state index in [2.05, 4.69) is 0 Å². The molecule has 156 valence electrons. The van der Waals surface area contributed by atoms with Crippen molar-refractivity contribution in [2.75, 3.05) is 32.8 Å². The molecular formula is C21H27N3O4S. The minimum atomic E-state index is -3.54. The van der Waals surface area contributed by atoms with Crippen LogP contribution in [-0.2, 0) is 19.6 Å². The summed E-state index contributed by atoms with van der Waals surface area (Å²) < 4.78 is 27.4. The zero-order valence-electron chi connectivity index (χ0n) is 16.7. The van der Waals surface area contributed by atoms with E-state index in [0.717, 1.165) is 5.56 Å². The Labute approximate surface area is 172 Å². The number of aryl methyl sites for hydroxylation is 1. The summed E-state index contributed by atoms with van der Waals surface area (Å²) in [6.45, 7) is 4.11. The lowest BCUT2D eigenvalue weighted by Crippen LogP contribution is -2.43. The van der Waals surface area contributed by atoms with Gasteiger partial charge in [0.05, 0.1) is 23.4 Å². The summed E-state index contributed by atoms with van der Waals surface area (Å²) in [4.78, 5) is 29.1. The smallest absolute Gasteiger partial charge is 0.243 e. The first-order valence-electron chi connectivity index (χ1n) is 10.2. The Balaban J connectivity index is 1.41. The van der Waals surface area contributed by atoms with E-state index in [1.54, 1.807) is 24.3 Å². The highest BCUT2D eigenvalue weighted by molar-refractivity contribution is 7.89. The molecule has 1 aromatic carbocycles. The maximum absolute atomic E-state index is 13.0. The summed E-state index contributed by atoms with van der Waals surface area (Å²) in [6, 6.07) is 6.89. The number of hydrogen-bond acceptors (Lipinski definition) is 5. The molecule has 2 heterocycles. The van der Waals surface area contributed by atoms with Crippen LogP contribution in [0.25, 0.3) is 0 Å². The van der Waals surface area contributed by atoms with Crippen molar-refractivity contribution in [2.45, 2.75) is 31.1 Å². The van der Waals surface area contributed by atoms with Crippen LogP contribution < -0.4 is 0 Å². The van der Waals surface area contributed by atoms with Crippen molar-refractivity contribution in [3.63, 3.8) is 0 Å². The van der Waals surface area contributed by atoms with Gasteiger partial charge in [0.1, 0.15) is 0 Å². The molecule has 2 atom stereocenters. The van der Waals surface area contributed by atoms with Gasteiger partial charge in [0.15, 0.2) is 0 Å². The monoisotopic (exact) mass is 417 g/mol. The zero-order valence-corrected chi connectivity index (χ0v) is 17.5. The summed E-state index contributed by atoms with van der Waals surface area (Å²) in [6.07, 6.45) is 5.89. The lowest BCUT2D eigenvalue weighted by atomic mass is 9.85. The predicted molar refractivity (Wildman–Crippen MR) is 108 cm³/mol. The molecule has 0 spiro atoms. The quantitative estimate of drug-likeness (QED) is 0.549. The lowest BCUT2D eigenvalue weighted by Gasteiger charge is -2.26. The van der Waals surface area contributed by atoms with Crippen molar-refractivity contribution in [3.8, 4) is 0 Å². The third-order valence-corrected chi connectivity index (χ3v) is 8.06. The third-order valence-electron chi connectivity index (χ3n) is 6.15. The minimum Gasteiger partial charge on any atom is -0.284 e. The fraction of sp³-hybridized carbons (Fsp3) is 0.524. The molecule has 2 aliphatic heterocycles. The van der Waals surface area contributed by atoms with Crippen LogP contribution in [0.3, 0.4) is 0 Å². The first-order chi connectivity index (χ1) is 13.9. The maximum atomic E-state index is 13.0. The van der Waals surface area contributed by atoms with Gasteiger partial charge in [-0.2, -0.15) is 4.31 Å². The lowest BCUT2D eigenvalue weighted by molar-refractivity contribution is -0.142. The Bertz CT molecular complexity index is 900. The summed E-state index contributed by atoms with van der Waals surface area (Å²) in [5.41, 5.74) is 1.02. The van der Waals surface area contributed by atoms with E-state index in [9.17, 15) is 18.0 Å². The van der Waals surface area contributed by atoms with Crippen molar-refractivity contribution in [1.29, 1.82) is 0 Å². The van der Waals surface area contributed by atoms with Crippen LogP contribution in [0.4, 0.5) is 0 Å². The van der Waals surface area contributed by atoms with Crippen LogP contribution in [0.1, 0.15) is 24.8 Å². The van der Waals surface area contributed by atoms with Crippen LogP contribution in [-0.4, -0.2) is 67.2 Å². The zero-order chi connectivity index (χ0) is 20.6. The average molecular weight is 418 g/mol. The number of rotatable bonds is 4. The molecule has 2 unspecified atom stereocenters. The fourth-order valence-corrected chi connectivity index (χ4v) is 5.87. The van der Waals surface area contributed by atoms with Crippen LogP contribution in [0.5, 0.6) is 0 Å². The van der Waals surface area contributed by atoms with Crippen LogP contribution in [0.2, 0.25) is 0 Å². The predicted octanol–water partition coefficient (Wildman–Crippen LogP) is 1.60. The van der Waals surface area contributed by atoms with Gasteiger partial charge in [0.2, 0.25) is 21.8 Å². The highest BCUT2D eigenvalue weighted by Crippen LogP contribution is 2.35. The van der Waals surface area contributed by atoms with Crippen molar-refractivity contribution < 1.29 is 18.0 Å². The van der Waals surface area contributed by atoms with E-state index in [-0.39, 0.29) is 30.3 Å². The summed E-state index contributed by atoms with van der Waals surface area (Å²) in [5, 5.41) is 0. The number of allylic oxidation sites excluding steroid dienone is 2. The van der Waals surface area contributed by atoms with Gasteiger partial charge in [0, 0.05) is 26.2 Å². The van der Waals surface area contributed by atoms with E-state index in [0.29, 0.717) is 50.3 Å². The van der Waals surface area contributed by atoms with E-state index in [1.807, 2.05) is 24.0 Å². The normalized spacial score (nSPS) is 26.6. The summed E-state index contributed by atoms with van der Waals surface area (Å²) >= 11 is 0. The van der Waals surface area contributed by atoms with E-state index >= 15 is 0 Å². The Kier molecular flexibility index (Phi) is 5.59. The first kappa shape index (κ1) is 20.3. The number of amides is 2. The second-order valence-corrected chi connectivity index (χ2v) is 10.0. The fourth-order valence-electron chi connectivity index (χ4n) is 4.40. The molecule has 2 fully saturated rings. The van der Waals surface area contributed by atoms with Gasteiger partial charge in [-0.05, 0) is 38.3 Å². The number of hydrogen-bond donors (Lipinski definition) is 0. The molecule has 0 saturated carbocycles. The van der Waals surface area contributed by atoms with Crippen molar-refractivity contribution in [2.24, 2.45) is 11.8 Å². The van der Waals surface area contributed by atoms with Crippen LogP contribution >= 0.6 is 0 Å². The van der Waals surface area contributed by atoms with Crippen LogP contribution in [0, 0.1) is 18.8 Å². The molecule has 0 radical (unpaired) electrons. The molecule has 0 aromatic heterocycles. The number of likely N-dealkylation sites (tertiary alicyclic amines) is 1. The Morgan fingerprint density at radius 2 is 1.52 bits per heavy atom. The molecule has 1 aliphatic carbocycles. The number of benzene rings is 1. The largest absolute Gasteiger partial charge is 0.284 e. The molecule has 7 nitrogen and oxygen atoms in total. The second-order valence-electron chi connectivity index (χ2n) is 8.09. The Hall–Kier alpha value is -2.03. The first-order valence-corrected chi connectivity index (χ1v) is 11.6. The van der Waals surface area contributed by atoms with Gasteiger partial charge in [-0.1, -0.05) is 29.8 Å². The standard InChI is InChI=1S/C21H27N3O4S/c1-16-7-9-17(10-8-16)29(27,28)23-12-4-11-22(13-14-23)15-24-20(25)18-5-2-3-6-19(18)21(24)26/h2-3,7-10,18-19H,4-6,11-15H2,1H3. The molecule has 2 amide bonds. The topological polar surface area (TPSA) is 78.0 Å². The van der Waals surface area contributed by atoms with E-state index in [4.69, 9.17) is 0 Å². The van der Waals surface area contributed by atoms with Gasteiger partial charge >= 0.3 is 0 Å². The number of nitrogens with zero attached hydrogens (tertiary/aromatic N) is 3. The number of imide groups is 1. The van der Waals surface area contributed by atoms with Gasteiger partial charge < -0.3 is 0 Å². The molecule has 2 saturated heterocycles. The Morgan fingerprint density at radius 3 is 2.14 bits per heavy atom. The van der Waals surface area contributed by atoms with Gasteiger partial charge in [-0.3, -0.25) is 19.4 Å².